The Morgan fingerprint density at radius 1 is 1.67 bits per heavy atom. The van der Waals surface area contributed by atoms with Gasteiger partial charge in [-0.1, -0.05) is 27.3 Å². The fourth-order valence-corrected chi connectivity index (χ4v) is 3.64. The molecule has 0 saturated carbocycles. The van der Waals surface area contributed by atoms with Crippen LogP contribution in [0.3, 0.4) is 0 Å². The lowest BCUT2D eigenvalue weighted by Gasteiger charge is -2.10. The number of anilines is 1. The molecule has 1 saturated heterocycles. The molecular formula is C10H10Br2N2O3S. The molecule has 0 aliphatic carbocycles. The smallest absolute Gasteiger partial charge is 0.359 e. The van der Waals surface area contributed by atoms with Gasteiger partial charge in [0, 0.05) is 17.8 Å². The quantitative estimate of drug-likeness (QED) is 0.581. The van der Waals surface area contributed by atoms with E-state index in [1.54, 1.807) is 11.8 Å². The number of halogens is 2. The number of esters is 1. The Balaban J connectivity index is 2.23. The van der Waals surface area contributed by atoms with Gasteiger partial charge in [0.25, 0.3) is 0 Å². The van der Waals surface area contributed by atoms with E-state index in [0.717, 1.165) is 0 Å². The minimum Gasteiger partial charge on any atom is -0.461 e. The van der Waals surface area contributed by atoms with Crippen molar-refractivity contribution in [3.8, 4) is 0 Å². The first-order valence-corrected chi connectivity index (χ1v) is 7.83. The van der Waals surface area contributed by atoms with E-state index in [0.29, 0.717) is 28.5 Å². The molecule has 18 heavy (non-hydrogen) atoms. The second-order valence-corrected chi connectivity index (χ2v) is 7.24. The third-order valence-electron chi connectivity index (χ3n) is 2.35. The number of nitrogens with zero attached hydrogens (tertiary/aromatic N) is 2. The van der Waals surface area contributed by atoms with Crippen LogP contribution in [0.2, 0.25) is 0 Å². The summed E-state index contributed by atoms with van der Waals surface area (Å²) in [5.74, 6) is -0.470. The molecule has 2 heterocycles. The van der Waals surface area contributed by atoms with Crippen LogP contribution in [0.25, 0.3) is 0 Å². The summed E-state index contributed by atoms with van der Waals surface area (Å²) in [6.07, 6.45) is 0.450. The van der Waals surface area contributed by atoms with E-state index < -0.39 is 5.97 Å². The monoisotopic (exact) mass is 396 g/mol. The second kappa shape index (κ2) is 5.66. The molecule has 1 amide bonds. The van der Waals surface area contributed by atoms with E-state index in [2.05, 4.69) is 36.8 Å². The van der Waals surface area contributed by atoms with Crippen molar-refractivity contribution in [2.45, 2.75) is 18.2 Å². The van der Waals surface area contributed by atoms with E-state index in [1.165, 1.54) is 11.3 Å². The molecule has 1 unspecified atom stereocenters. The zero-order chi connectivity index (χ0) is 13.3. The number of aromatic nitrogens is 1. The molecule has 1 fully saturated rings. The molecule has 1 aliphatic rings. The fourth-order valence-electron chi connectivity index (χ4n) is 1.58. The van der Waals surface area contributed by atoms with Crippen LogP contribution in [-0.4, -0.2) is 34.8 Å². The van der Waals surface area contributed by atoms with E-state index in [1.807, 2.05) is 0 Å². The van der Waals surface area contributed by atoms with Gasteiger partial charge in [-0.05, 0) is 22.9 Å². The van der Waals surface area contributed by atoms with E-state index >= 15 is 0 Å². The van der Waals surface area contributed by atoms with E-state index in [-0.39, 0.29) is 16.4 Å². The summed E-state index contributed by atoms with van der Waals surface area (Å²) in [7, 11) is 0. The summed E-state index contributed by atoms with van der Waals surface area (Å²) >= 11 is 7.94. The summed E-state index contributed by atoms with van der Waals surface area (Å²) in [4.78, 5) is 29.2. The zero-order valence-electron chi connectivity index (χ0n) is 9.48. The molecule has 0 bridgehead atoms. The van der Waals surface area contributed by atoms with Gasteiger partial charge in [0.15, 0.2) is 10.8 Å². The standard InChI is InChI=1S/C10H10Br2N2O3S/c1-2-17-9(16)7-8(12)18-10(13-7)14-4-5(11)3-6(14)15/h5H,2-4H2,1H3. The molecule has 0 spiro atoms. The van der Waals surface area contributed by atoms with Gasteiger partial charge in [-0.2, -0.15) is 0 Å². The fraction of sp³-hybridized carbons (Fsp3) is 0.500. The Labute approximate surface area is 125 Å². The lowest BCUT2D eigenvalue weighted by molar-refractivity contribution is -0.117. The Morgan fingerprint density at radius 2 is 2.39 bits per heavy atom. The highest BCUT2D eigenvalue weighted by Gasteiger charge is 2.32. The van der Waals surface area contributed by atoms with Crippen LogP contribution in [0, 0.1) is 0 Å². The molecular weight excluding hydrogens is 388 g/mol. The van der Waals surface area contributed by atoms with Crippen LogP contribution < -0.4 is 4.90 Å². The largest absolute Gasteiger partial charge is 0.461 e. The predicted octanol–water partition coefficient (Wildman–Crippen LogP) is 2.58. The average Bonchev–Trinajstić information content (AvgIpc) is 2.82. The van der Waals surface area contributed by atoms with Crippen molar-refractivity contribution >= 4 is 60.2 Å². The molecule has 1 atom stereocenters. The normalized spacial score (nSPS) is 19.4. The molecule has 1 aliphatic heterocycles. The molecule has 8 heteroatoms. The third kappa shape index (κ3) is 2.75. The topological polar surface area (TPSA) is 59.5 Å². The first kappa shape index (κ1) is 14.0. The van der Waals surface area contributed by atoms with E-state index in [4.69, 9.17) is 4.74 Å². The number of amides is 1. The van der Waals surface area contributed by atoms with Gasteiger partial charge in [0.1, 0.15) is 3.79 Å². The Hall–Kier alpha value is -0.470. The summed E-state index contributed by atoms with van der Waals surface area (Å²) in [5.41, 5.74) is 0.225. The zero-order valence-corrected chi connectivity index (χ0v) is 13.5. The molecule has 1 aromatic heterocycles. The number of hydrogen-bond acceptors (Lipinski definition) is 5. The van der Waals surface area contributed by atoms with Gasteiger partial charge in [-0.15, -0.1) is 0 Å². The number of hydrogen-bond donors (Lipinski definition) is 0. The number of alkyl halides is 1. The number of carbonyl (C=O) groups is 2. The van der Waals surface area contributed by atoms with Gasteiger partial charge < -0.3 is 4.74 Å². The minimum atomic E-state index is -0.478. The van der Waals surface area contributed by atoms with Gasteiger partial charge in [-0.3, -0.25) is 9.69 Å². The van der Waals surface area contributed by atoms with Crippen LogP contribution in [-0.2, 0) is 9.53 Å². The Bertz CT molecular complexity index is 491. The SMILES string of the molecule is CCOC(=O)c1nc(N2CC(Br)CC2=O)sc1Br. The van der Waals surface area contributed by atoms with E-state index in [9.17, 15) is 9.59 Å². The van der Waals surface area contributed by atoms with Crippen LogP contribution >= 0.6 is 43.2 Å². The molecule has 0 radical (unpaired) electrons. The van der Waals surface area contributed by atoms with Crippen molar-refractivity contribution < 1.29 is 14.3 Å². The maximum Gasteiger partial charge on any atom is 0.359 e. The molecule has 5 nitrogen and oxygen atoms in total. The maximum absolute atomic E-state index is 11.7. The molecule has 1 aromatic rings. The highest BCUT2D eigenvalue weighted by atomic mass is 79.9. The Morgan fingerprint density at radius 3 is 2.94 bits per heavy atom. The van der Waals surface area contributed by atoms with Crippen LogP contribution in [0.5, 0.6) is 0 Å². The number of thiazole rings is 1. The number of carbonyl (C=O) groups excluding carboxylic acids is 2. The highest BCUT2D eigenvalue weighted by Crippen LogP contribution is 2.34. The van der Waals surface area contributed by atoms with Gasteiger partial charge in [-0.25, -0.2) is 9.78 Å². The first-order valence-electron chi connectivity index (χ1n) is 5.30. The van der Waals surface area contributed by atoms with Crippen molar-refractivity contribution in [2.75, 3.05) is 18.1 Å². The molecule has 0 aromatic carbocycles. The van der Waals surface area contributed by atoms with Gasteiger partial charge in [0.2, 0.25) is 5.91 Å². The number of ether oxygens (including phenoxy) is 1. The lowest BCUT2D eigenvalue weighted by Crippen LogP contribution is -2.24. The van der Waals surface area contributed by atoms with Crippen molar-refractivity contribution in [1.29, 1.82) is 0 Å². The van der Waals surface area contributed by atoms with Crippen molar-refractivity contribution in [2.24, 2.45) is 0 Å². The minimum absolute atomic E-state index is 0.00790. The third-order valence-corrected chi connectivity index (χ3v) is 4.69. The average molecular weight is 398 g/mol. The lowest BCUT2D eigenvalue weighted by atomic mass is 10.4. The van der Waals surface area contributed by atoms with Crippen molar-refractivity contribution in [3.05, 3.63) is 9.48 Å². The second-order valence-electron chi connectivity index (χ2n) is 3.64. The molecule has 2 rings (SSSR count). The van der Waals surface area contributed by atoms with Gasteiger partial charge >= 0.3 is 5.97 Å². The van der Waals surface area contributed by atoms with Crippen LogP contribution in [0.15, 0.2) is 3.79 Å². The van der Waals surface area contributed by atoms with Crippen LogP contribution in [0.4, 0.5) is 5.13 Å². The number of rotatable bonds is 3. The molecule has 0 N–H and O–H groups in total. The Kier molecular flexibility index (Phi) is 4.39. The van der Waals surface area contributed by atoms with Crippen LogP contribution in [0.1, 0.15) is 23.8 Å². The highest BCUT2D eigenvalue weighted by molar-refractivity contribution is 9.11. The summed E-state index contributed by atoms with van der Waals surface area (Å²) in [5, 5.41) is 0.525. The van der Waals surface area contributed by atoms with Crippen molar-refractivity contribution in [1.82, 2.24) is 4.98 Å². The first-order chi connectivity index (χ1) is 8.52. The van der Waals surface area contributed by atoms with Gasteiger partial charge in [0.05, 0.1) is 6.61 Å². The molecule has 98 valence electrons. The maximum atomic E-state index is 11.7. The summed E-state index contributed by atoms with van der Waals surface area (Å²) in [6, 6.07) is 0. The summed E-state index contributed by atoms with van der Waals surface area (Å²) in [6.45, 7) is 2.60. The summed E-state index contributed by atoms with van der Waals surface area (Å²) < 4.78 is 5.48. The van der Waals surface area contributed by atoms with Crippen molar-refractivity contribution in [3.63, 3.8) is 0 Å². The predicted molar refractivity (Wildman–Crippen MR) is 75.5 cm³/mol.